The van der Waals surface area contributed by atoms with Gasteiger partial charge in [-0.3, -0.25) is 9.59 Å². The lowest BCUT2D eigenvalue weighted by Gasteiger charge is -2.28. The first-order valence-corrected chi connectivity index (χ1v) is 11.7. The number of hydrogen-bond acceptors (Lipinski definition) is 4. The molecule has 0 unspecified atom stereocenters. The summed E-state index contributed by atoms with van der Waals surface area (Å²) >= 11 is 0. The van der Waals surface area contributed by atoms with Gasteiger partial charge in [0.1, 0.15) is 5.69 Å². The van der Waals surface area contributed by atoms with Crippen LogP contribution in [0.25, 0.3) is 22.5 Å². The molecule has 0 aliphatic carbocycles. The summed E-state index contributed by atoms with van der Waals surface area (Å²) in [6.07, 6.45) is 4.78. The fourth-order valence-corrected chi connectivity index (χ4v) is 4.34. The van der Waals surface area contributed by atoms with Crippen LogP contribution in [0.15, 0.2) is 48.5 Å². The molecular formula is C26H31N5O2. The van der Waals surface area contributed by atoms with Crippen LogP contribution < -0.4 is 10.2 Å². The molecule has 0 radical (unpaired) electrons. The van der Waals surface area contributed by atoms with Crippen LogP contribution in [0.4, 0.5) is 5.69 Å². The summed E-state index contributed by atoms with van der Waals surface area (Å²) < 4.78 is 1.78. The average molecular weight is 446 g/mol. The number of nitrogens with zero attached hydrogens (tertiary/aromatic N) is 4. The molecule has 1 aromatic heterocycles. The van der Waals surface area contributed by atoms with Gasteiger partial charge in [0.15, 0.2) is 0 Å². The third kappa shape index (κ3) is 4.97. The summed E-state index contributed by atoms with van der Waals surface area (Å²) in [5.41, 5.74) is 5.38. The highest BCUT2D eigenvalue weighted by Crippen LogP contribution is 2.40. The fraction of sp³-hybridized carbons (Fsp3) is 0.385. The van der Waals surface area contributed by atoms with Gasteiger partial charge >= 0.3 is 0 Å². The van der Waals surface area contributed by atoms with Gasteiger partial charge < -0.3 is 10.2 Å². The number of rotatable bonds is 8. The summed E-state index contributed by atoms with van der Waals surface area (Å²) in [5, 5.41) is 11.6. The van der Waals surface area contributed by atoms with Crippen molar-refractivity contribution in [2.75, 3.05) is 11.4 Å². The van der Waals surface area contributed by atoms with Gasteiger partial charge in [-0.05, 0) is 18.1 Å². The van der Waals surface area contributed by atoms with E-state index in [1.54, 1.807) is 9.58 Å². The van der Waals surface area contributed by atoms with E-state index in [0.29, 0.717) is 13.1 Å². The Morgan fingerprint density at radius 3 is 2.55 bits per heavy atom. The summed E-state index contributed by atoms with van der Waals surface area (Å²) in [6.45, 7) is 3.26. The topological polar surface area (TPSA) is 80.1 Å². The van der Waals surface area contributed by atoms with E-state index in [1.165, 1.54) is 12.8 Å². The molecule has 4 rings (SSSR count). The maximum atomic E-state index is 13.4. The number of fused-ring (bicyclic) bond motifs is 5. The minimum Gasteiger partial charge on any atom is -0.356 e. The van der Waals surface area contributed by atoms with Gasteiger partial charge in [-0.15, -0.1) is 5.10 Å². The number of nitrogens with one attached hydrogen (secondary N) is 1. The number of para-hydroxylation sites is 1. The highest BCUT2D eigenvalue weighted by atomic mass is 16.2. The Hall–Kier alpha value is -3.48. The van der Waals surface area contributed by atoms with Crippen LogP contribution in [0.1, 0.15) is 51.0 Å². The molecule has 1 aliphatic rings. The molecule has 0 bridgehead atoms. The SMILES string of the molecule is CCCCCCNC(=O)CCC(=O)N1Cc2ccccc2-c2c(nnn2C)-c2ccccc21. The first-order chi connectivity index (χ1) is 16.1. The minimum atomic E-state index is -0.0780. The number of aromatic nitrogens is 3. The second kappa shape index (κ2) is 10.4. The molecule has 33 heavy (non-hydrogen) atoms. The Balaban J connectivity index is 1.57. The Labute approximate surface area is 194 Å². The maximum absolute atomic E-state index is 13.4. The van der Waals surface area contributed by atoms with E-state index in [4.69, 9.17) is 0 Å². The number of hydrogen-bond donors (Lipinski definition) is 1. The van der Waals surface area contributed by atoms with Crippen molar-refractivity contribution in [1.29, 1.82) is 0 Å². The molecule has 7 nitrogen and oxygen atoms in total. The van der Waals surface area contributed by atoms with Gasteiger partial charge in [-0.1, -0.05) is 73.9 Å². The number of unbranched alkanes of at least 4 members (excludes halogenated alkanes) is 3. The first kappa shape index (κ1) is 22.7. The van der Waals surface area contributed by atoms with Crippen LogP contribution in [-0.4, -0.2) is 33.4 Å². The predicted molar refractivity (Wildman–Crippen MR) is 129 cm³/mol. The van der Waals surface area contributed by atoms with Crippen LogP contribution in [0.3, 0.4) is 0 Å². The smallest absolute Gasteiger partial charge is 0.227 e. The van der Waals surface area contributed by atoms with E-state index >= 15 is 0 Å². The predicted octanol–water partition coefficient (Wildman–Crippen LogP) is 4.47. The second-order valence-corrected chi connectivity index (χ2v) is 8.48. The quantitative estimate of drug-likeness (QED) is 0.519. The molecule has 3 aromatic rings. The van der Waals surface area contributed by atoms with Gasteiger partial charge in [0.2, 0.25) is 11.8 Å². The molecular weight excluding hydrogens is 414 g/mol. The lowest BCUT2D eigenvalue weighted by molar-refractivity contribution is -0.125. The highest BCUT2D eigenvalue weighted by molar-refractivity contribution is 6.01. The third-order valence-electron chi connectivity index (χ3n) is 6.10. The van der Waals surface area contributed by atoms with E-state index in [1.807, 2.05) is 55.6 Å². The second-order valence-electron chi connectivity index (χ2n) is 8.48. The van der Waals surface area contributed by atoms with Crippen LogP contribution in [0.2, 0.25) is 0 Å². The Morgan fingerprint density at radius 2 is 1.73 bits per heavy atom. The van der Waals surface area contributed by atoms with Crippen LogP contribution in [0.5, 0.6) is 0 Å². The Bertz CT molecular complexity index is 1140. The van der Waals surface area contributed by atoms with Crippen molar-refractivity contribution >= 4 is 17.5 Å². The molecule has 2 amide bonds. The molecule has 0 atom stereocenters. The number of carbonyl (C=O) groups is 2. The van der Waals surface area contributed by atoms with Gasteiger partial charge in [-0.2, -0.15) is 0 Å². The summed E-state index contributed by atoms with van der Waals surface area (Å²) in [7, 11) is 1.89. The van der Waals surface area contributed by atoms with E-state index in [2.05, 4.69) is 22.6 Å². The van der Waals surface area contributed by atoms with Crippen molar-refractivity contribution in [3.63, 3.8) is 0 Å². The van der Waals surface area contributed by atoms with E-state index in [-0.39, 0.29) is 24.7 Å². The van der Waals surface area contributed by atoms with Gasteiger partial charge in [-0.25, -0.2) is 4.68 Å². The number of aryl methyl sites for hydroxylation is 1. The Kier molecular flexibility index (Phi) is 7.17. The van der Waals surface area contributed by atoms with Crippen LogP contribution in [0, 0.1) is 0 Å². The molecule has 7 heteroatoms. The van der Waals surface area contributed by atoms with Crippen molar-refractivity contribution in [3.8, 4) is 22.5 Å². The number of anilines is 1. The zero-order valence-electron chi connectivity index (χ0n) is 19.4. The largest absolute Gasteiger partial charge is 0.356 e. The maximum Gasteiger partial charge on any atom is 0.227 e. The van der Waals surface area contributed by atoms with Gasteiger partial charge in [0.05, 0.1) is 17.9 Å². The number of carbonyl (C=O) groups excluding carboxylic acids is 2. The number of benzene rings is 2. The monoisotopic (exact) mass is 445 g/mol. The first-order valence-electron chi connectivity index (χ1n) is 11.7. The molecule has 0 fully saturated rings. The molecule has 0 spiro atoms. The van der Waals surface area contributed by atoms with Crippen LogP contribution in [-0.2, 0) is 23.2 Å². The van der Waals surface area contributed by atoms with Crippen molar-refractivity contribution in [2.24, 2.45) is 7.05 Å². The Morgan fingerprint density at radius 1 is 0.970 bits per heavy atom. The molecule has 172 valence electrons. The standard InChI is InChI=1S/C26H31N5O2/c1-3-4-5-10-17-27-23(32)15-16-24(33)31-18-19-11-6-7-12-20(19)26-25(28-29-30(26)2)21-13-8-9-14-22(21)31/h6-9,11-14H,3-5,10,15-18H2,1-2H3,(H,27,32). The van der Waals surface area contributed by atoms with Crippen molar-refractivity contribution in [3.05, 3.63) is 54.1 Å². The highest BCUT2D eigenvalue weighted by Gasteiger charge is 2.28. The van der Waals surface area contributed by atoms with E-state index in [9.17, 15) is 9.59 Å². The van der Waals surface area contributed by atoms with E-state index < -0.39 is 0 Å². The van der Waals surface area contributed by atoms with Crippen LogP contribution >= 0.6 is 0 Å². The summed E-state index contributed by atoms with van der Waals surface area (Å²) in [5.74, 6) is -0.150. The zero-order valence-corrected chi connectivity index (χ0v) is 19.4. The lowest BCUT2D eigenvalue weighted by Crippen LogP contribution is -2.33. The van der Waals surface area contributed by atoms with Crippen molar-refractivity contribution in [2.45, 2.75) is 52.0 Å². The molecule has 0 saturated carbocycles. The molecule has 1 N–H and O–H groups in total. The molecule has 1 aliphatic heterocycles. The molecule has 0 saturated heterocycles. The van der Waals surface area contributed by atoms with E-state index in [0.717, 1.165) is 46.6 Å². The average Bonchev–Trinajstić information content (AvgIpc) is 3.20. The molecule has 2 aromatic carbocycles. The van der Waals surface area contributed by atoms with Gasteiger partial charge in [0.25, 0.3) is 0 Å². The normalized spacial score (nSPS) is 12.2. The fourth-order valence-electron chi connectivity index (χ4n) is 4.34. The van der Waals surface area contributed by atoms with Crippen molar-refractivity contribution in [1.82, 2.24) is 20.3 Å². The minimum absolute atomic E-state index is 0.0724. The summed E-state index contributed by atoms with van der Waals surface area (Å²) in [4.78, 5) is 27.4. The summed E-state index contributed by atoms with van der Waals surface area (Å²) in [6, 6.07) is 15.8. The lowest BCUT2D eigenvalue weighted by atomic mass is 9.95. The van der Waals surface area contributed by atoms with Crippen molar-refractivity contribution < 1.29 is 9.59 Å². The third-order valence-corrected chi connectivity index (χ3v) is 6.10. The molecule has 2 heterocycles. The number of amides is 2. The zero-order chi connectivity index (χ0) is 23.2. The van der Waals surface area contributed by atoms with Gasteiger partial charge in [0, 0.05) is 37.6 Å².